The predicted molar refractivity (Wildman–Crippen MR) is 40.4 cm³/mol. The fourth-order valence-corrected chi connectivity index (χ4v) is 0.976. The van der Waals surface area contributed by atoms with E-state index in [0.29, 0.717) is 0 Å². The molecule has 1 aromatic rings. The molecule has 0 amide bonds. The van der Waals surface area contributed by atoms with Gasteiger partial charge in [0.1, 0.15) is 5.69 Å². The molecule has 0 radical (unpaired) electrons. The average molecular weight is 280 g/mol. The number of aromatic carboxylic acids is 1. The minimum atomic E-state index is -6.26. The van der Waals surface area contributed by atoms with Crippen molar-refractivity contribution in [1.82, 2.24) is 10.2 Å². The highest BCUT2D eigenvalue weighted by molar-refractivity contribution is 5.85. The first-order valence-corrected chi connectivity index (χ1v) is 4.05. The van der Waals surface area contributed by atoms with Gasteiger partial charge in [0, 0.05) is 0 Å². The Hall–Kier alpha value is -1.81. The van der Waals surface area contributed by atoms with E-state index in [1.54, 1.807) is 0 Å². The molecule has 4 nitrogen and oxygen atoms in total. The molecule has 0 aliphatic carbocycles. The number of nitrogens with zero attached hydrogens (tertiary/aromatic N) is 1. The number of rotatable bonds is 3. The Kier molecular flexibility index (Phi) is 3.28. The van der Waals surface area contributed by atoms with Gasteiger partial charge < -0.3 is 5.11 Å². The Bertz CT molecular complexity index is 467. The zero-order valence-corrected chi connectivity index (χ0v) is 8.03. The summed E-state index contributed by atoms with van der Waals surface area (Å²) < 4.78 is 86.5. The van der Waals surface area contributed by atoms with E-state index in [2.05, 4.69) is 5.10 Å². The second kappa shape index (κ2) is 4.14. The molecule has 0 aromatic carbocycles. The van der Waals surface area contributed by atoms with Crippen LogP contribution in [-0.2, 0) is 0 Å². The lowest BCUT2D eigenvalue weighted by Crippen LogP contribution is -2.41. The molecule has 0 fully saturated rings. The van der Waals surface area contributed by atoms with Crippen LogP contribution in [0.15, 0.2) is 0 Å². The molecule has 0 spiro atoms. The average Bonchev–Trinajstić information content (AvgIpc) is 2.57. The maximum atomic E-state index is 13.0. The fraction of sp³-hybridized carbons (Fsp3) is 0.429. The molecule has 1 unspecified atom stereocenters. The molecule has 11 heteroatoms. The molecule has 0 aliphatic rings. The third kappa shape index (κ3) is 2.11. The largest absolute Gasteiger partial charge is 0.476 e. The van der Waals surface area contributed by atoms with Crippen molar-refractivity contribution in [3.8, 4) is 0 Å². The number of aromatic amines is 1. The van der Waals surface area contributed by atoms with Crippen molar-refractivity contribution in [1.29, 1.82) is 0 Å². The molecule has 0 aliphatic heterocycles. The molecule has 1 heterocycles. The molecule has 1 aromatic heterocycles. The normalized spacial score (nSPS) is 14.6. The number of H-pyrrole nitrogens is 1. The zero-order valence-electron chi connectivity index (χ0n) is 8.03. The van der Waals surface area contributed by atoms with E-state index in [4.69, 9.17) is 5.11 Å². The van der Waals surface area contributed by atoms with E-state index < -0.39 is 41.4 Å². The summed E-state index contributed by atoms with van der Waals surface area (Å²) in [5.41, 5.74) is -3.36. The topological polar surface area (TPSA) is 66.0 Å². The Labute approximate surface area is 93.4 Å². The summed E-state index contributed by atoms with van der Waals surface area (Å²) in [4.78, 5) is 10.2. The highest BCUT2D eigenvalue weighted by Crippen LogP contribution is 2.46. The van der Waals surface area contributed by atoms with Crippen LogP contribution in [0.5, 0.6) is 0 Å². The summed E-state index contributed by atoms with van der Waals surface area (Å²) in [6.45, 7) is 0. The minimum Gasteiger partial charge on any atom is -0.476 e. The van der Waals surface area contributed by atoms with Gasteiger partial charge in [-0.05, 0) is 0 Å². The summed E-state index contributed by atoms with van der Waals surface area (Å²) in [6, 6.07) is 0. The molecule has 102 valence electrons. The summed E-state index contributed by atoms with van der Waals surface area (Å²) >= 11 is 0. The van der Waals surface area contributed by atoms with Gasteiger partial charge in [0.2, 0.25) is 11.9 Å². The number of nitrogens with one attached hydrogen (secondary N) is 1. The van der Waals surface area contributed by atoms with Crippen LogP contribution in [0.4, 0.5) is 30.7 Å². The number of hydrogen-bond donors (Lipinski definition) is 2. The number of hydrogen-bond acceptors (Lipinski definition) is 2. The third-order valence-corrected chi connectivity index (χ3v) is 1.88. The Morgan fingerprint density at radius 2 is 1.78 bits per heavy atom. The van der Waals surface area contributed by atoms with Gasteiger partial charge in [-0.3, -0.25) is 5.10 Å². The zero-order chi connectivity index (χ0) is 14.3. The smallest absolute Gasteiger partial charge is 0.456 e. The Morgan fingerprint density at radius 3 is 2.11 bits per heavy atom. The van der Waals surface area contributed by atoms with Crippen LogP contribution in [-0.4, -0.2) is 33.4 Å². The third-order valence-electron chi connectivity index (χ3n) is 1.88. The lowest BCUT2D eigenvalue weighted by molar-refractivity contribution is -0.305. The predicted octanol–water partition coefficient (Wildman–Crippen LogP) is 2.46. The van der Waals surface area contributed by atoms with E-state index in [1.165, 1.54) is 5.10 Å². The van der Waals surface area contributed by atoms with Crippen molar-refractivity contribution < 1.29 is 40.6 Å². The van der Waals surface area contributed by atoms with Crippen LogP contribution in [0.2, 0.25) is 0 Å². The maximum absolute atomic E-state index is 13.0. The second-order valence-electron chi connectivity index (χ2n) is 3.09. The van der Waals surface area contributed by atoms with E-state index in [-0.39, 0.29) is 0 Å². The number of carboxylic acids is 1. The fourth-order valence-electron chi connectivity index (χ4n) is 0.976. The first kappa shape index (κ1) is 14.3. The lowest BCUT2D eigenvalue weighted by atomic mass is 10.1. The van der Waals surface area contributed by atoms with Crippen LogP contribution in [0.25, 0.3) is 0 Å². The number of carbonyl (C=O) groups is 1. The van der Waals surface area contributed by atoms with Gasteiger partial charge in [0.05, 0.1) is 0 Å². The van der Waals surface area contributed by atoms with E-state index in [0.717, 1.165) is 0 Å². The van der Waals surface area contributed by atoms with Gasteiger partial charge in [-0.1, -0.05) is 0 Å². The summed E-state index contributed by atoms with van der Waals surface area (Å²) in [5, 5.41) is 12.0. The summed E-state index contributed by atoms with van der Waals surface area (Å²) in [6.07, 6.45) is -10.4. The van der Waals surface area contributed by atoms with Gasteiger partial charge in [-0.15, -0.1) is 0 Å². The molecule has 1 atom stereocenters. The molecule has 1 rings (SSSR count). The number of alkyl halides is 6. The van der Waals surface area contributed by atoms with Crippen LogP contribution < -0.4 is 0 Å². The maximum Gasteiger partial charge on any atom is 0.456 e. The molecular weight excluding hydrogens is 277 g/mol. The molecular formula is C7H3F7N2O2. The van der Waals surface area contributed by atoms with Crippen LogP contribution in [0.3, 0.4) is 0 Å². The minimum absolute atomic E-state index is 1.17. The van der Waals surface area contributed by atoms with E-state index in [9.17, 15) is 35.5 Å². The monoisotopic (exact) mass is 280 g/mol. The van der Waals surface area contributed by atoms with Crippen molar-refractivity contribution >= 4 is 5.97 Å². The van der Waals surface area contributed by atoms with Crippen molar-refractivity contribution in [3.05, 3.63) is 17.2 Å². The standard InChI is InChI=1S/C7H3F7N2O2/c8-1-2(15-16-3(1)5(17)18)4(9)6(10,11)7(12,13)14/h4H,(H,15,16)(H,17,18). The van der Waals surface area contributed by atoms with Gasteiger partial charge in [0.15, 0.2) is 5.82 Å². The molecule has 0 bridgehead atoms. The first-order chi connectivity index (χ1) is 8.00. The Balaban J connectivity index is 3.20. The molecule has 0 saturated heterocycles. The SMILES string of the molecule is O=C(O)c1n[nH]c(C(F)C(F)(F)C(F)(F)F)c1F. The summed E-state index contributed by atoms with van der Waals surface area (Å²) in [7, 11) is 0. The molecule has 2 N–H and O–H groups in total. The van der Waals surface area contributed by atoms with Gasteiger partial charge in [0.25, 0.3) is 0 Å². The van der Waals surface area contributed by atoms with Crippen molar-refractivity contribution in [2.45, 2.75) is 18.3 Å². The van der Waals surface area contributed by atoms with E-state index >= 15 is 0 Å². The van der Waals surface area contributed by atoms with Gasteiger partial charge in [-0.2, -0.15) is 27.1 Å². The quantitative estimate of drug-likeness (QED) is 0.836. The number of aromatic nitrogens is 2. The lowest BCUT2D eigenvalue weighted by Gasteiger charge is -2.22. The van der Waals surface area contributed by atoms with Gasteiger partial charge >= 0.3 is 18.1 Å². The molecule has 18 heavy (non-hydrogen) atoms. The highest BCUT2D eigenvalue weighted by atomic mass is 19.4. The van der Waals surface area contributed by atoms with E-state index in [1.807, 2.05) is 0 Å². The van der Waals surface area contributed by atoms with Crippen molar-refractivity contribution in [2.24, 2.45) is 0 Å². The highest BCUT2D eigenvalue weighted by Gasteiger charge is 2.64. The van der Waals surface area contributed by atoms with Crippen molar-refractivity contribution in [3.63, 3.8) is 0 Å². The van der Waals surface area contributed by atoms with Crippen LogP contribution >= 0.6 is 0 Å². The van der Waals surface area contributed by atoms with Crippen LogP contribution in [0.1, 0.15) is 22.4 Å². The molecule has 0 saturated carbocycles. The van der Waals surface area contributed by atoms with Gasteiger partial charge in [-0.25, -0.2) is 13.6 Å². The van der Waals surface area contributed by atoms with Crippen LogP contribution in [0, 0.1) is 5.82 Å². The second-order valence-corrected chi connectivity index (χ2v) is 3.09. The Morgan fingerprint density at radius 1 is 1.28 bits per heavy atom. The first-order valence-electron chi connectivity index (χ1n) is 4.05. The van der Waals surface area contributed by atoms with Crippen molar-refractivity contribution in [2.75, 3.05) is 0 Å². The summed E-state index contributed by atoms with van der Waals surface area (Å²) in [5.74, 6) is -10.0. The number of carboxylic acid groups (broad SMARTS) is 1. The number of halogens is 7.